The van der Waals surface area contributed by atoms with Gasteiger partial charge in [0.15, 0.2) is 5.78 Å². The number of hydrogen-bond donors (Lipinski definition) is 1. The fraction of sp³-hybridized carbons (Fsp3) is 0.400. The summed E-state index contributed by atoms with van der Waals surface area (Å²) in [6.45, 7) is 2.09. The molecule has 5 heteroatoms. The zero-order valence-corrected chi connectivity index (χ0v) is 14.7. The Balaban J connectivity index is 1.92. The van der Waals surface area contributed by atoms with E-state index in [0.29, 0.717) is 12.8 Å². The minimum Gasteiger partial charge on any atom is -0.467 e. The predicted molar refractivity (Wildman–Crippen MR) is 97.1 cm³/mol. The van der Waals surface area contributed by atoms with Crippen molar-refractivity contribution in [2.75, 3.05) is 7.11 Å². The predicted octanol–water partition coefficient (Wildman–Crippen LogP) is 3.21. The second kappa shape index (κ2) is 7.55. The smallest absolute Gasteiger partial charge is 0.328 e. The van der Waals surface area contributed by atoms with Gasteiger partial charge in [-0.25, -0.2) is 4.79 Å². The summed E-state index contributed by atoms with van der Waals surface area (Å²) in [5.41, 5.74) is 2.13. The average molecular weight is 340 g/mol. The molecule has 1 aliphatic heterocycles. The van der Waals surface area contributed by atoms with Crippen molar-refractivity contribution in [1.82, 2.24) is 9.88 Å². The molecule has 0 amide bonds. The maximum atomic E-state index is 12.5. The van der Waals surface area contributed by atoms with E-state index in [9.17, 15) is 9.59 Å². The van der Waals surface area contributed by atoms with E-state index in [1.165, 1.54) is 7.11 Å². The Morgan fingerprint density at radius 1 is 1.40 bits per heavy atom. The molecule has 5 nitrogen and oxygen atoms in total. The van der Waals surface area contributed by atoms with Gasteiger partial charge in [0.1, 0.15) is 6.04 Å². The summed E-state index contributed by atoms with van der Waals surface area (Å²) in [5, 5.41) is 1.11. The van der Waals surface area contributed by atoms with Gasteiger partial charge < -0.3 is 14.6 Å². The molecule has 1 aliphatic rings. The van der Waals surface area contributed by atoms with Gasteiger partial charge >= 0.3 is 5.97 Å². The van der Waals surface area contributed by atoms with Crippen molar-refractivity contribution >= 4 is 22.7 Å². The Morgan fingerprint density at radius 2 is 2.20 bits per heavy atom. The summed E-state index contributed by atoms with van der Waals surface area (Å²) < 4.78 is 5.07. The summed E-state index contributed by atoms with van der Waals surface area (Å²) in [4.78, 5) is 29.6. The third-order valence-corrected chi connectivity index (χ3v) is 4.83. The van der Waals surface area contributed by atoms with Crippen LogP contribution in [0.3, 0.4) is 0 Å². The molecule has 0 aliphatic carbocycles. The van der Waals surface area contributed by atoms with Crippen molar-refractivity contribution in [2.24, 2.45) is 0 Å². The van der Waals surface area contributed by atoms with Crippen LogP contribution in [-0.4, -0.2) is 40.8 Å². The van der Waals surface area contributed by atoms with Crippen molar-refractivity contribution in [1.29, 1.82) is 0 Å². The molecule has 1 N–H and O–H groups in total. The Kier molecular flexibility index (Phi) is 5.22. The van der Waals surface area contributed by atoms with Crippen molar-refractivity contribution in [2.45, 2.75) is 44.7 Å². The van der Waals surface area contributed by atoms with Crippen LogP contribution in [0.25, 0.3) is 10.9 Å². The van der Waals surface area contributed by atoms with Gasteiger partial charge in [-0.3, -0.25) is 4.79 Å². The summed E-state index contributed by atoms with van der Waals surface area (Å²) in [5.74, 6) is -0.157. The molecule has 0 spiro atoms. The summed E-state index contributed by atoms with van der Waals surface area (Å²) >= 11 is 0. The van der Waals surface area contributed by atoms with Crippen LogP contribution in [0.5, 0.6) is 0 Å². The molecule has 0 saturated heterocycles. The van der Waals surface area contributed by atoms with Gasteiger partial charge in [-0.2, -0.15) is 0 Å². The van der Waals surface area contributed by atoms with E-state index in [2.05, 4.69) is 18.0 Å². The first-order chi connectivity index (χ1) is 12.1. The molecule has 2 aromatic rings. The minimum atomic E-state index is -0.440. The normalized spacial score (nSPS) is 18.6. The van der Waals surface area contributed by atoms with Gasteiger partial charge in [0.2, 0.25) is 0 Å². The van der Waals surface area contributed by atoms with Crippen LogP contribution >= 0.6 is 0 Å². The number of hydrogen-bond acceptors (Lipinski definition) is 4. The fourth-order valence-electron chi connectivity index (χ4n) is 3.59. The SMILES string of the molecule is CCC[C@@H]1CC(=O)C=CN1[C@@H](Cc1c[nH]c2ccccc12)C(=O)OC. The van der Waals surface area contributed by atoms with Crippen LogP contribution in [0.2, 0.25) is 0 Å². The standard InChI is InChI=1S/C20H24N2O3/c1-3-6-15-12-16(23)9-10-22(15)19(20(24)25-2)11-14-13-21-18-8-5-4-7-17(14)18/h4-5,7-10,13,15,19,21H,3,6,11-12H2,1-2H3/t15-,19+/m1/s1. The first-order valence-corrected chi connectivity index (χ1v) is 8.75. The Hall–Kier alpha value is -2.56. The molecule has 0 fully saturated rings. The molecule has 0 unspecified atom stereocenters. The maximum absolute atomic E-state index is 12.5. The van der Waals surface area contributed by atoms with Gasteiger partial charge in [0.25, 0.3) is 0 Å². The van der Waals surface area contributed by atoms with E-state index in [4.69, 9.17) is 4.74 Å². The van der Waals surface area contributed by atoms with Gasteiger partial charge in [-0.1, -0.05) is 31.5 Å². The zero-order valence-electron chi connectivity index (χ0n) is 14.7. The van der Waals surface area contributed by atoms with Crippen molar-refractivity contribution in [3.63, 3.8) is 0 Å². The highest BCUT2D eigenvalue weighted by molar-refractivity contribution is 5.91. The number of methoxy groups -OCH3 is 1. The molecule has 2 atom stereocenters. The highest BCUT2D eigenvalue weighted by Gasteiger charge is 2.33. The lowest BCUT2D eigenvalue weighted by atomic mass is 9.96. The molecule has 0 bridgehead atoms. The van der Waals surface area contributed by atoms with Crippen molar-refractivity contribution < 1.29 is 14.3 Å². The largest absolute Gasteiger partial charge is 0.467 e. The highest BCUT2D eigenvalue weighted by Crippen LogP contribution is 2.26. The minimum absolute atomic E-state index is 0.0387. The fourth-order valence-corrected chi connectivity index (χ4v) is 3.59. The first-order valence-electron chi connectivity index (χ1n) is 8.75. The monoisotopic (exact) mass is 340 g/mol. The number of fused-ring (bicyclic) bond motifs is 1. The van der Waals surface area contributed by atoms with Gasteiger partial charge in [0.05, 0.1) is 7.11 Å². The third kappa shape index (κ3) is 3.60. The molecule has 3 rings (SSSR count). The second-order valence-corrected chi connectivity index (χ2v) is 6.48. The molecule has 2 heterocycles. The number of carbonyl (C=O) groups is 2. The van der Waals surface area contributed by atoms with E-state index < -0.39 is 6.04 Å². The van der Waals surface area contributed by atoms with Gasteiger partial charge in [-0.05, 0) is 24.1 Å². The summed E-state index contributed by atoms with van der Waals surface area (Å²) in [6, 6.07) is 7.64. The van der Waals surface area contributed by atoms with E-state index in [1.54, 1.807) is 12.3 Å². The number of rotatable bonds is 6. The second-order valence-electron chi connectivity index (χ2n) is 6.48. The number of aromatic amines is 1. The average Bonchev–Trinajstić information content (AvgIpc) is 3.03. The van der Waals surface area contributed by atoms with E-state index >= 15 is 0 Å². The van der Waals surface area contributed by atoms with Crippen molar-refractivity contribution in [3.05, 3.63) is 48.3 Å². The molecule has 0 saturated carbocycles. The van der Waals surface area contributed by atoms with Crippen LogP contribution in [0.15, 0.2) is 42.7 Å². The molecule has 25 heavy (non-hydrogen) atoms. The molecular weight excluding hydrogens is 316 g/mol. The van der Waals surface area contributed by atoms with Gasteiger partial charge in [-0.15, -0.1) is 0 Å². The summed E-state index contributed by atoms with van der Waals surface area (Å²) in [7, 11) is 1.41. The van der Waals surface area contributed by atoms with Crippen LogP contribution < -0.4 is 0 Å². The van der Waals surface area contributed by atoms with Crippen LogP contribution in [0.1, 0.15) is 31.7 Å². The molecule has 0 radical (unpaired) electrons. The Labute approximate surface area is 147 Å². The number of ether oxygens (including phenoxy) is 1. The molecular formula is C20H24N2O3. The number of aromatic nitrogens is 1. The Bertz CT molecular complexity index is 793. The topological polar surface area (TPSA) is 62.4 Å². The number of nitrogens with one attached hydrogen (secondary N) is 1. The third-order valence-electron chi connectivity index (χ3n) is 4.83. The van der Waals surface area contributed by atoms with E-state index in [-0.39, 0.29) is 17.8 Å². The molecule has 1 aromatic carbocycles. The number of esters is 1. The number of para-hydroxylation sites is 1. The van der Waals surface area contributed by atoms with E-state index in [0.717, 1.165) is 29.3 Å². The number of ketones is 1. The number of allylic oxidation sites excluding steroid dienone is 1. The number of H-pyrrole nitrogens is 1. The number of benzene rings is 1. The Morgan fingerprint density at radius 3 is 2.96 bits per heavy atom. The highest BCUT2D eigenvalue weighted by atomic mass is 16.5. The van der Waals surface area contributed by atoms with Crippen LogP contribution in [0.4, 0.5) is 0 Å². The molecule has 132 valence electrons. The molecule has 1 aromatic heterocycles. The lowest BCUT2D eigenvalue weighted by molar-refractivity contribution is -0.147. The first kappa shape index (κ1) is 17.3. The quantitative estimate of drug-likeness (QED) is 0.820. The van der Waals surface area contributed by atoms with Crippen molar-refractivity contribution in [3.8, 4) is 0 Å². The van der Waals surface area contributed by atoms with Crippen LogP contribution in [0, 0.1) is 0 Å². The lowest BCUT2D eigenvalue weighted by Crippen LogP contribution is -2.48. The summed E-state index contributed by atoms with van der Waals surface area (Å²) in [6.07, 6.45) is 8.11. The van der Waals surface area contributed by atoms with Crippen LogP contribution in [-0.2, 0) is 20.7 Å². The number of carbonyl (C=O) groups excluding carboxylic acids is 2. The zero-order chi connectivity index (χ0) is 17.8. The lowest BCUT2D eigenvalue weighted by Gasteiger charge is -2.37. The number of nitrogens with zero attached hydrogens (tertiary/aromatic N) is 1. The van der Waals surface area contributed by atoms with E-state index in [1.807, 2.05) is 29.3 Å². The maximum Gasteiger partial charge on any atom is 0.328 e. The van der Waals surface area contributed by atoms with Gasteiger partial charge in [0, 0.05) is 42.2 Å².